The van der Waals surface area contributed by atoms with Gasteiger partial charge in [0, 0.05) is 22.8 Å². The van der Waals surface area contributed by atoms with Crippen LogP contribution in [0.5, 0.6) is 0 Å². The largest absolute Gasteiger partial charge is 0.420 e. The topological polar surface area (TPSA) is 55.5 Å². The Morgan fingerprint density at radius 3 is 2.92 bits per heavy atom. The van der Waals surface area contributed by atoms with Crippen LogP contribution in [0.2, 0.25) is 5.02 Å². The molecule has 1 amide bonds. The van der Waals surface area contributed by atoms with Crippen molar-refractivity contribution in [3.8, 4) is 0 Å². The van der Waals surface area contributed by atoms with Crippen LogP contribution in [0.4, 0.5) is 5.69 Å². The second-order valence-electron chi connectivity index (χ2n) is 6.01. The Labute approximate surface area is 143 Å². The summed E-state index contributed by atoms with van der Waals surface area (Å²) in [5, 5.41) is 0.483. The Bertz CT molecular complexity index is 1000. The van der Waals surface area contributed by atoms with E-state index in [1.165, 1.54) is 4.57 Å². The highest BCUT2D eigenvalue weighted by Crippen LogP contribution is 2.32. The van der Waals surface area contributed by atoms with Crippen molar-refractivity contribution in [3.05, 3.63) is 63.6 Å². The zero-order chi connectivity index (χ0) is 16.8. The summed E-state index contributed by atoms with van der Waals surface area (Å²) in [7, 11) is 0. The lowest BCUT2D eigenvalue weighted by Crippen LogP contribution is -2.39. The van der Waals surface area contributed by atoms with Crippen molar-refractivity contribution in [1.82, 2.24) is 4.57 Å². The molecule has 1 aliphatic heterocycles. The van der Waals surface area contributed by atoms with E-state index >= 15 is 0 Å². The van der Waals surface area contributed by atoms with Crippen molar-refractivity contribution < 1.29 is 9.21 Å². The standard InChI is InChI=1S/C18H15ClN2O3/c1-11-8-12-4-2-3-5-14(12)21(11)17(22)10-20-15-7-6-13(19)9-16(15)24-18(20)23/h2-7,9,11H,8,10H2,1H3. The molecule has 1 unspecified atom stereocenters. The average molecular weight is 343 g/mol. The number of nitrogens with zero attached hydrogens (tertiary/aromatic N) is 2. The predicted octanol–water partition coefficient (Wildman–Crippen LogP) is 3.23. The van der Waals surface area contributed by atoms with Crippen molar-refractivity contribution in [2.24, 2.45) is 0 Å². The zero-order valence-electron chi connectivity index (χ0n) is 13.0. The maximum Gasteiger partial charge on any atom is 0.420 e. The number of para-hydroxylation sites is 1. The summed E-state index contributed by atoms with van der Waals surface area (Å²) in [6, 6.07) is 12.9. The Morgan fingerprint density at radius 1 is 1.29 bits per heavy atom. The lowest BCUT2D eigenvalue weighted by molar-refractivity contribution is -0.119. The summed E-state index contributed by atoms with van der Waals surface area (Å²) in [4.78, 5) is 26.7. The molecule has 0 saturated heterocycles. The van der Waals surface area contributed by atoms with Gasteiger partial charge in [-0.2, -0.15) is 0 Å². The molecular weight excluding hydrogens is 328 g/mol. The summed E-state index contributed by atoms with van der Waals surface area (Å²) in [5.41, 5.74) is 3.02. The molecule has 0 radical (unpaired) electrons. The molecule has 2 heterocycles. The molecule has 6 heteroatoms. The van der Waals surface area contributed by atoms with E-state index < -0.39 is 5.76 Å². The van der Waals surface area contributed by atoms with E-state index in [1.54, 1.807) is 23.1 Å². The van der Waals surface area contributed by atoms with Crippen LogP contribution < -0.4 is 10.7 Å². The van der Waals surface area contributed by atoms with Crippen LogP contribution in [-0.2, 0) is 17.8 Å². The SMILES string of the molecule is CC1Cc2ccccc2N1C(=O)Cn1c(=O)oc2cc(Cl)ccc21. The molecule has 0 N–H and O–H groups in total. The first kappa shape index (κ1) is 15.0. The number of fused-ring (bicyclic) bond motifs is 2. The van der Waals surface area contributed by atoms with Crippen molar-refractivity contribution in [2.45, 2.75) is 25.9 Å². The van der Waals surface area contributed by atoms with E-state index in [0.717, 1.165) is 17.7 Å². The van der Waals surface area contributed by atoms with Crippen LogP contribution in [0, 0.1) is 0 Å². The number of carbonyl (C=O) groups excluding carboxylic acids is 1. The maximum atomic E-state index is 12.8. The molecule has 24 heavy (non-hydrogen) atoms. The smallest absolute Gasteiger partial charge is 0.408 e. The highest BCUT2D eigenvalue weighted by molar-refractivity contribution is 6.31. The molecule has 0 spiro atoms. The van der Waals surface area contributed by atoms with Gasteiger partial charge in [0.05, 0.1) is 5.52 Å². The summed E-state index contributed by atoms with van der Waals surface area (Å²) < 4.78 is 6.54. The predicted molar refractivity (Wildman–Crippen MR) is 92.6 cm³/mol. The molecule has 0 fully saturated rings. The van der Waals surface area contributed by atoms with Gasteiger partial charge in [-0.15, -0.1) is 0 Å². The third-order valence-corrected chi connectivity index (χ3v) is 4.63. The summed E-state index contributed by atoms with van der Waals surface area (Å²) in [5.74, 6) is -0.687. The first-order valence-corrected chi connectivity index (χ1v) is 8.11. The molecule has 0 bridgehead atoms. The molecule has 3 aromatic rings. The molecule has 5 nitrogen and oxygen atoms in total. The number of amides is 1. The van der Waals surface area contributed by atoms with Crippen LogP contribution in [0.1, 0.15) is 12.5 Å². The van der Waals surface area contributed by atoms with Gasteiger partial charge in [0.25, 0.3) is 0 Å². The number of halogens is 1. The lowest BCUT2D eigenvalue weighted by Gasteiger charge is -2.22. The van der Waals surface area contributed by atoms with Crippen molar-refractivity contribution >= 4 is 34.3 Å². The zero-order valence-corrected chi connectivity index (χ0v) is 13.8. The van der Waals surface area contributed by atoms with Crippen LogP contribution in [-0.4, -0.2) is 16.5 Å². The molecule has 4 rings (SSSR count). The lowest BCUT2D eigenvalue weighted by atomic mass is 10.1. The number of anilines is 1. The molecule has 1 atom stereocenters. The van der Waals surface area contributed by atoms with Gasteiger partial charge in [0.2, 0.25) is 5.91 Å². The van der Waals surface area contributed by atoms with E-state index in [0.29, 0.717) is 16.1 Å². The van der Waals surface area contributed by atoms with E-state index in [2.05, 4.69) is 0 Å². The van der Waals surface area contributed by atoms with Gasteiger partial charge in [-0.05, 0) is 37.1 Å². The first-order valence-electron chi connectivity index (χ1n) is 7.73. The molecule has 0 saturated carbocycles. The van der Waals surface area contributed by atoms with Crippen LogP contribution >= 0.6 is 11.6 Å². The third-order valence-electron chi connectivity index (χ3n) is 4.40. The van der Waals surface area contributed by atoms with Crippen molar-refractivity contribution in [2.75, 3.05) is 4.90 Å². The van der Waals surface area contributed by atoms with Crippen molar-refractivity contribution in [1.29, 1.82) is 0 Å². The van der Waals surface area contributed by atoms with Crippen LogP contribution in [0.25, 0.3) is 11.1 Å². The summed E-state index contributed by atoms with van der Waals surface area (Å²) >= 11 is 5.92. The molecule has 2 aromatic carbocycles. The third kappa shape index (κ3) is 2.32. The Kier molecular flexibility index (Phi) is 3.46. The Morgan fingerprint density at radius 2 is 2.08 bits per heavy atom. The second kappa shape index (κ2) is 5.53. The maximum absolute atomic E-state index is 12.8. The average Bonchev–Trinajstić information content (AvgIpc) is 3.03. The van der Waals surface area contributed by atoms with Gasteiger partial charge in [-0.3, -0.25) is 9.36 Å². The Hall–Kier alpha value is -2.53. The number of oxazole rings is 1. The van der Waals surface area contributed by atoms with E-state index in [4.69, 9.17) is 16.0 Å². The van der Waals surface area contributed by atoms with Gasteiger partial charge >= 0.3 is 5.76 Å². The molecular formula is C18H15ClN2O3. The van der Waals surface area contributed by atoms with Crippen LogP contribution in [0.3, 0.4) is 0 Å². The van der Waals surface area contributed by atoms with E-state index in [1.807, 2.05) is 31.2 Å². The number of aromatic nitrogens is 1. The minimum absolute atomic E-state index is 0.0634. The van der Waals surface area contributed by atoms with Gasteiger partial charge in [-0.25, -0.2) is 4.79 Å². The molecule has 0 aliphatic carbocycles. The van der Waals surface area contributed by atoms with E-state index in [-0.39, 0.29) is 18.5 Å². The molecule has 1 aliphatic rings. The fraction of sp³-hybridized carbons (Fsp3) is 0.222. The van der Waals surface area contributed by atoms with Gasteiger partial charge in [0.1, 0.15) is 6.54 Å². The van der Waals surface area contributed by atoms with Crippen molar-refractivity contribution in [3.63, 3.8) is 0 Å². The van der Waals surface area contributed by atoms with Gasteiger partial charge in [-0.1, -0.05) is 29.8 Å². The number of hydrogen-bond acceptors (Lipinski definition) is 3. The molecule has 122 valence electrons. The minimum atomic E-state index is -0.555. The highest BCUT2D eigenvalue weighted by atomic mass is 35.5. The minimum Gasteiger partial charge on any atom is -0.408 e. The van der Waals surface area contributed by atoms with Crippen LogP contribution in [0.15, 0.2) is 51.7 Å². The number of carbonyl (C=O) groups is 1. The van der Waals surface area contributed by atoms with E-state index in [9.17, 15) is 9.59 Å². The monoisotopic (exact) mass is 342 g/mol. The normalized spacial score (nSPS) is 16.6. The fourth-order valence-corrected chi connectivity index (χ4v) is 3.51. The number of benzene rings is 2. The first-order chi connectivity index (χ1) is 11.5. The highest BCUT2D eigenvalue weighted by Gasteiger charge is 2.31. The van der Waals surface area contributed by atoms with Gasteiger partial charge < -0.3 is 9.32 Å². The summed E-state index contributed by atoms with van der Waals surface area (Å²) in [6.07, 6.45) is 0.818. The van der Waals surface area contributed by atoms with Gasteiger partial charge in [0.15, 0.2) is 5.58 Å². The second-order valence-corrected chi connectivity index (χ2v) is 6.45. The summed E-state index contributed by atoms with van der Waals surface area (Å²) in [6.45, 7) is 1.94. The number of hydrogen-bond donors (Lipinski definition) is 0. The Balaban J connectivity index is 1.70. The molecule has 1 aromatic heterocycles. The number of rotatable bonds is 2. The quantitative estimate of drug-likeness (QED) is 0.718. The fourth-order valence-electron chi connectivity index (χ4n) is 3.35.